The molecule has 16 heavy (non-hydrogen) atoms. The zero-order valence-electron chi connectivity index (χ0n) is 10.5. The Morgan fingerprint density at radius 2 is 2.00 bits per heavy atom. The van der Waals surface area contributed by atoms with Crippen molar-refractivity contribution in [2.45, 2.75) is 33.1 Å². The number of rotatable bonds is 2. The van der Waals surface area contributed by atoms with E-state index in [0.29, 0.717) is 0 Å². The highest BCUT2D eigenvalue weighted by Crippen LogP contribution is 2.29. The highest BCUT2D eigenvalue weighted by molar-refractivity contribution is 5.66. The maximum atomic E-state index is 6.16. The summed E-state index contributed by atoms with van der Waals surface area (Å²) in [5.41, 5.74) is 8.05. The molecule has 1 aliphatic rings. The van der Waals surface area contributed by atoms with Gasteiger partial charge in [-0.25, -0.2) is 0 Å². The van der Waals surface area contributed by atoms with E-state index in [1.165, 1.54) is 12.8 Å². The molecule has 0 bridgehead atoms. The molecule has 0 atom stereocenters. The minimum absolute atomic E-state index is 0.844. The quantitative estimate of drug-likeness (QED) is 0.830. The van der Waals surface area contributed by atoms with E-state index in [9.17, 15) is 0 Å². The van der Waals surface area contributed by atoms with Gasteiger partial charge in [0.2, 0.25) is 0 Å². The van der Waals surface area contributed by atoms with Crippen molar-refractivity contribution in [3.05, 3.63) is 5.69 Å². The van der Waals surface area contributed by atoms with E-state index in [4.69, 9.17) is 5.73 Å². The average molecular weight is 222 g/mol. The lowest BCUT2D eigenvalue weighted by Crippen LogP contribution is -2.34. The van der Waals surface area contributed by atoms with Gasteiger partial charge in [-0.1, -0.05) is 13.8 Å². The van der Waals surface area contributed by atoms with Gasteiger partial charge in [0.25, 0.3) is 0 Å². The van der Waals surface area contributed by atoms with Crippen molar-refractivity contribution in [2.75, 3.05) is 23.7 Å². The summed E-state index contributed by atoms with van der Waals surface area (Å²) in [6.07, 6.45) is 3.42. The fourth-order valence-electron chi connectivity index (χ4n) is 2.44. The van der Waals surface area contributed by atoms with Crippen LogP contribution in [0.5, 0.6) is 0 Å². The van der Waals surface area contributed by atoms with Crippen LogP contribution in [0.4, 0.5) is 11.5 Å². The van der Waals surface area contributed by atoms with Crippen molar-refractivity contribution >= 4 is 11.5 Å². The molecule has 2 N–H and O–H groups in total. The molecule has 1 aromatic rings. The Bertz CT molecular complexity index is 361. The van der Waals surface area contributed by atoms with Gasteiger partial charge in [0.15, 0.2) is 0 Å². The minimum Gasteiger partial charge on any atom is -0.394 e. The first kappa shape index (κ1) is 11.3. The van der Waals surface area contributed by atoms with E-state index in [0.717, 1.165) is 42.6 Å². The second-order valence-corrected chi connectivity index (χ2v) is 4.83. The average Bonchev–Trinajstić information content (AvgIpc) is 2.56. The summed E-state index contributed by atoms with van der Waals surface area (Å²) < 4.78 is 1.93. The standard InChI is InChI=1S/C12H22N4/c1-4-10-11(13)12(15(3)14-10)16-7-5-9(2)6-8-16/h9H,4-8,13H2,1-3H3. The molecule has 2 rings (SSSR count). The molecule has 4 nitrogen and oxygen atoms in total. The Hall–Kier alpha value is -1.19. The van der Waals surface area contributed by atoms with Crippen molar-refractivity contribution in [3.8, 4) is 0 Å². The topological polar surface area (TPSA) is 47.1 Å². The number of anilines is 2. The van der Waals surface area contributed by atoms with Crippen molar-refractivity contribution < 1.29 is 0 Å². The summed E-state index contributed by atoms with van der Waals surface area (Å²) in [6, 6.07) is 0. The largest absolute Gasteiger partial charge is 0.394 e. The Balaban J connectivity index is 2.23. The number of aromatic nitrogens is 2. The second kappa shape index (κ2) is 4.36. The summed E-state index contributed by atoms with van der Waals surface area (Å²) in [5.74, 6) is 1.96. The maximum absolute atomic E-state index is 6.16. The number of piperidine rings is 1. The predicted octanol–water partition coefficient (Wildman–Crippen LogP) is 1.80. The number of aryl methyl sites for hydroxylation is 2. The maximum Gasteiger partial charge on any atom is 0.150 e. The lowest BCUT2D eigenvalue weighted by molar-refractivity contribution is 0.433. The van der Waals surface area contributed by atoms with Gasteiger partial charge in [-0.15, -0.1) is 0 Å². The van der Waals surface area contributed by atoms with E-state index in [-0.39, 0.29) is 0 Å². The Morgan fingerprint density at radius 3 is 2.50 bits per heavy atom. The summed E-state index contributed by atoms with van der Waals surface area (Å²) in [7, 11) is 1.99. The monoisotopic (exact) mass is 222 g/mol. The summed E-state index contributed by atoms with van der Waals surface area (Å²) >= 11 is 0. The van der Waals surface area contributed by atoms with Crippen LogP contribution in [-0.2, 0) is 13.5 Å². The molecule has 0 unspecified atom stereocenters. The zero-order valence-corrected chi connectivity index (χ0v) is 10.5. The number of nitrogen functional groups attached to an aromatic ring is 1. The van der Waals surface area contributed by atoms with Crippen LogP contribution in [0.1, 0.15) is 32.4 Å². The van der Waals surface area contributed by atoms with Crippen LogP contribution < -0.4 is 10.6 Å². The first-order valence-corrected chi connectivity index (χ1v) is 6.19. The first-order chi connectivity index (χ1) is 7.63. The van der Waals surface area contributed by atoms with Crippen LogP contribution in [0, 0.1) is 5.92 Å². The van der Waals surface area contributed by atoms with Crippen LogP contribution in [-0.4, -0.2) is 22.9 Å². The lowest BCUT2D eigenvalue weighted by atomic mass is 9.99. The highest BCUT2D eigenvalue weighted by atomic mass is 15.4. The SMILES string of the molecule is CCc1nn(C)c(N2CCC(C)CC2)c1N. The van der Waals surface area contributed by atoms with Gasteiger partial charge in [0, 0.05) is 20.1 Å². The molecule has 0 aliphatic carbocycles. The van der Waals surface area contributed by atoms with Gasteiger partial charge < -0.3 is 10.6 Å². The first-order valence-electron chi connectivity index (χ1n) is 6.19. The van der Waals surface area contributed by atoms with Gasteiger partial charge in [-0.05, 0) is 25.2 Å². The van der Waals surface area contributed by atoms with Crippen LogP contribution in [0.25, 0.3) is 0 Å². The molecule has 1 aromatic heterocycles. The van der Waals surface area contributed by atoms with Crippen molar-refractivity contribution in [1.29, 1.82) is 0 Å². The molecular formula is C12H22N4. The fourth-order valence-corrected chi connectivity index (χ4v) is 2.44. The second-order valence-electron chi connectivity index (χ2n) is 4.83. The molecule has 2 heterocycles. The molecule has 1 aliphatic heterocycles. The molecule has 0 saturated carbocycles. The van der Waals surface area contributed by atoms with Crippen LogP contribution in [0.3, 0.4) is 0 Å². The normalized spacial score (nSPS) is 18.1. The van der Waals surface area contributed by atoms with Gasteiger partial charge >= 0.3 is 0 Å². The number of hydrogen-bond donors (Lipinski definition) is 1. The van der Waals surface area contributed by atoms with Gasteiger partial charge in [0.05, 0.1) is 11.4 Å². The van der Waals surface area contributed by atoms with Gasteiger partial charge in [-0.3, -0.25) is 4.68 Å². The molecule has 0 aromatic carbocycles. The predicted molar refractivity (Wildman–Crippen MR) is 67.6 cm³/mol. The van der Waals surface area contributed by atoms with Crippen molar-refractivity contribution in [1.82, 2.24) is 9.78 Å². The third-order valence-corrected chi connectivity index (χ3v) is 3.55. The zero-order chi connectivity index (χ0) is 11.7. The molecule has 1 fully saturated rings. The Kier molecular flexibility index (Phi) is 3.08. The number of nitrogens with zero attached hydrogens (tertiary/aromatic N) is 3. The van der Waals surface area contributed by atoms with E-state index in [2.05, 4.69) is 23.8 Å². The van der Waals surface area contributed by atoms with Crippen LogP contribution in [0.2, 0.25) is 0 Å². The van der Waals surface area contributed by atoms with E-state index < -0.39 is 0 Å². The molecular weight excluding hydrogens is 200 g/mol. The molecule has 0 spiro atoms. The Labute approximate surface area is 97.4 Å². The molecule has 0 radical (unpaired) electrons. The summed E-state index contributed by atoms with van der Waals surface area (Å²) in [5, 5.41) is 4.47. The third-order valence-electron chi connectivity index (χ3n) is 3.55. The lowest BCUT2D eigenvalue weighted by Gasteiger charge is -2.32. The fraction of sp³-hybridized carbons (Fsp3) is 0.750. The highest BCUT2D eigenvalue weighted by Gasteiger charge is 2.22. The smallest absolute Gasteiger partial charge is 0.150 e. The van der Waals surface area contributed by atoms with Crippen LogP contribution in [0.15, 0.2) is 0 Å². The van der Waals surface area contributed by atoms with Crippen molar-refractivity contribution in [3.63, 3.8) is 0 Å². The summed E-state index contributed by atoms with van der Waals surface area (Å²) in [6.45, 7) is 6.63. The summed E-state index contributed by atoms with van der Waals surface area (Å²) in [4.78, 5) is 2.38. The van der Waals surface area contributed by atoms with E-state index in [1.807, 2.05) is 11.7 Å². The van der Waals surface area contributed by atoms with Gasteiger partial charge in [-0.2, -0.15) is 5.10 Å². The van der Waals surface area contributed by atoms with Crippen LogP contribution >= 0.6 is 0 Å². The van der Waals surface area contributed by atoms with Crippen molar-refractivity contribution in [2.24, 2.45) is 13.0 Å². The molecule has 1 saturated heterocycles. The van der Waals surface area contributed by atoms with E-state index >= 15 is 0 Å². The van der Waals surface area contributed by atoms with Gasteiger partial charge in [0.1, 0.15) is 5.82 Å². The number of nitrogens with two attached hydrogens (primary N) is 1. The molecule has 90 valence electrons. The molecule has 4 heteroatoms. The Morgan fingerprint density at radius 1 is 1.38 bits per heavy atom. The molecule has 0 amide bonds. The minimum atomic E-state index is 0.844. The third kappa shape index (κ3) is 1.88. The van der Waals surface area contributed by atoms with E-state index in [1.54, 1.807) is 0 Å². The number of hydrogen-bond acceptors (Lipinski definition) is 3.